The number of carbonyl (C=O) groups is 1. The Hall–Kier alpha value is -3.02. The van der Waals surface area contributed by atoms with Gasteiger partial charge in [-0.3, -0.25) is 4.79 Å². The predicted octanol–water partition coefficient (Wildman–Crippen LogP) is 2.55. The van der Waals surface area contributed by atoms with Gasteiger partial charge in [0, 0.05) is 24.1 Å². The van der Waals surface area contributed by atoms with E-state index in [1.807, 2.05) is 35.9 Å². The van der Waals surface area contributed by atoms with E-state index in [9.17, 15) is 4.79 Å². The van der Waals surface area contributed by atoms with Crippen LogP contribution in [0.15, 0.2) is 42.7 Å². The largest absolute Gasteiger partial charge is 0.454 e. The number of fused-ring (bicyclic) bond motifs is 2. The Morgan fingerprint density at radius 2 is 2.13 bits per heavy atom. The lowest BCUT2D eigenvalue weighted by Crippen LogP contribution is -2.14. The van der Waals surface area contributed by atoms with E-state index in [0.29, 0.717) is 17.2 Å². The number of nitrogens with zero attached hydrogens (tertiary/aromatic N) is 2. The van der Waals surface area contributed by atoms with Crippen LogP contribution in [0.4, 0.5) is 5.69 Å². The zero-order valence-electron chi connectivity index (χ0n) is 12.6. The van der Waals surface area contributed by atoms with Gasteiger partial charge in [0.15, 0.2) is 11.5 Å². The zero-order chi connectivity index (χ0) is 15.8. The molecule has 23 heavy (non-hydrogen) atoms. The van der Waals surface area contributed by atoms with E-state index in [1.54, 1.807) is 18.2 Å². The summed E-state index contributed by atoms with van der Waals surface area (Å²) in [4.78, 5) is 16.7. The van der Waals surface area contributed by atoms with Gasteiger partial charge in [-0.2, -0.15) is 0 Å². The van der Waals surface area contributed by atoms with Crippen LogP contribution >= 0.6 is 0 Å². The number of hydrogen-bond donors (Lipinski definition) is 1. The number of aryl methyl sites for hydroxylation is 1. The van der Waals surface area contributed by atoms with Gasteiger partial charge in [-0.1, -0.05) is 0 Å². The highest BCUT2D eigenvalue weighted by Gasteiger charge is 2.14. The molecule has 1 aliphatic rings. The molecule has 1 aromatic carbocycles. The molecule has 0 saturated carbocycles. The van der Waals surface area contributed by atoms with Gasteiger partial charge in [0.1, 0.15) is 5.65 Å². The molecule has 0 fully saturated rings. The van der Waals surface area contributed by atoms with E-state index in [-0.39, 0.29) is 19.1 Å². The second kappa shape index (κ2) is 5.31. The Kier molecular flexibility index (Phi) is 3.15. The van der Waals surface area contributed by atoms with E-state index >= 15 is 0 Å². The van der Waals surface area contributed by atoms with Gasteiger partial charge >= 0.3 is 0 Å². The molecule has 6 heteroatoms. The topological polar surface area (TPSA) is 64.9 Å². The number of aromatic nitrogens is 2. The van der Waals surface area contributed by atoms with Crippen molar-refractivity contribution in [3.63, 3.8) is 0 Å². The molecule has 0 saturated heterocycles. The number of carbonyl (C=O) groups excluding carboxylic acids is 1. The number of rotatable bonds is 3. The van der Waals surface area contributed by atoms with Crippen LogP contribution < -0.4 is 14.8 Å². The highest BCUT2D eigenvalue weighted by molar-refractivity contribution is 5.92. The minimum atomic E-state index is -0.121. The minimum absolute atomic E-state index is 0.121. The van der Waals surface area contributed by atoms with Crippen LogP contribution in [-0.4, -0.2) is 22.1 Å². The Morgan fingerprint density at radius 1 is 1.26 bits per heavy atom. The molecule has 1 N–H and O–H groups in total. The van der Waals surface area contributed by atoms with Crippen molar-refractivity contribution >= 4 is 17.2 Å². The van der Waals surface area contributed by atoms with Gasteiger partial charge in [-0.15, -0.1) is 0 Å². The Labute approximate surface area is 132 Å². The second-order valence-electron chi connectivity index (χ2n) is 5.49. The zero-order valence-corrected chi connectivity index (χ0v) is 12.6. The number of amides is 1. The summed E-state index contributed by atoms with van der Waals surface area (Å²) in [6.45, 7) is 2.23. The van der Waals surface area contributed by atoms with Crippen molar-refractivity contribution in [1.82, 2.24) is 9.38 Å². The Balaban J connectivity index is 1.48. The van der Waals surface area contributed by atoms with Crippen molar-refractivity contribution < 1.29 is 14.3 Å². The molecule has 0 aliphatic carbocycles. The van der Waals surface area contributed by atoms with E-state index in [1.165, 1.54) is 0 Å². The monoisotopic (exact) mass is 309 g/mol. The molecule has 0 radical (unpaired) electrons. The van der Waals surface area contributed by atoms with Crippen LogP contribution in [0.3, 0.4) is 0 Å². The molecule has 0 unspecified atom stereocenters. The van der Waals surface area contributed by atoms with Gasteiger partial charge in [0.25, 0.3) is 0 Å². The molecule has 0 atom stereocenters. The smallest absolute Gasteiger partial charge is 0.231 e. The van der Waals surface area contributed by atoms with Gasteiger partial charge in [0.05, 0.1) is 12.1 Å². The molecule has 3 heterocycles. The third-order valence-electron chi connectivity index (χ3n) is 3.66. The third kappa shape index (κ3) is 2.70. The Morgan fingerprint density at radius 3 is 3.04 bits per heavy atom. The summed E-state index contributed by atoms with van der Waals surface area (Å²) in [5.74, 6) is 1.22. The fourth-order valence-electron chi connectivity index (χ4n) is 2.57. The predicted molar refractivity (Wildman–Crippen MR) is 84.8 cm³/mol. The average molecular weight is 309 g/mol. The van der Waals surface area contributed by atoms with Gasteiger partial charge < -0.3 is 19.2 Å². The van der Waals surface area contributed by atoms with E-state index in [4.69, 9.17) is 9.47 Å². The second-order valence-corrected chi connectivity index (χ2v) is 5.49. The van der Waals surface area contributed by atoms with Gasteiger partial charge in [-0.25, -0.2) is 4.98 Å². The molecule has 3 aromatic rings. The van der Waals surface area contributed by atoms with Gasteiger partial charge in [-0.05, 0) is 36.8 Å². The summed E-state index contributed by atoms with van der Waals surface area (Å²) in [6.07, 6.45) is 4.03. The molecule has 116 valence electrons. The van der Waals surface area contributed by atoms with E-state index < -0.39 is 0 Å². The van der Waals surface area contributed by atoms with Crippen molar-refractivity contribution in [3.05, 3.63) is 54.0 Å². The summed E-state index contributed by atoms with van der Waals surface area (Å²) in [5.41, 5.74) is 3.39. The van der Waals surface area contributed by atoms with Gasteiger partial charge in [0.2, 0.25) is 12.7 Å². The SMILES string of the molecule is Cc1ccn2cc(CC(=O)Nc3ccc4c(c3)OCO4)nc2c1. The number of hydrogen-bond acceptors (Lipinski definition) is 4. The molecule has 4 rings (SSSR count). The summed E-state index contributed by atoms with van der Waals surface area (Å²) in [7, 11) is 0. The van der Waals surface area contributed by atoms with Crippen LogP contribution in [0.1, 0.15) is 11.3 Å². The summed E-state index contributed by atoms with van der Waals surface area (Å²) in [5, 5.41) is 2.85. The summed E-state index contributed by atoms with van der Waals surface area (Å²) < 4.78 is 12.5. The number of imidazole rings is 1. The lowest BCUT2D eigenvalue weighted by Gasteiger charge is -2.05. The van der Waals surface area contributed by atoms with Crippen LogP contribution in [0.2, 0.25) is 0 Å². The maximum atomic E-state index is 12.2. The standard InChI is InChI=1S/C17H15N3O3/c1-11-4-5-20-9-13(18-16(20)6-11)8-17(21)19-12-2-3-14-15(7-12)23-10-22-14/h2-7,9H,8,10H2,1H3,(H,19,21). The molecule has 0 bridgehead atoms. The lowest BCUT2D eigenvalue weighted by molar-refractivity contribution is -0.115. The van der Waals surface area contributed by atoms with Crippen molar-refractivity contribution in [3.8, 4) is 11.5 Å². The Bertz CT molecular complexity index is 901. The summed E-state index contributed by atoms with van der Waals surface area (Å²) in [6, 6.07) is 9.32. The van der Waals surface area contributed by atoms with Crippen LogP contribution in [0, 0.1) is 6.92 Å². The highest BCUT2D eigenvalue weighted by atomic mass is 16.7. The number of ether oxygens (including phenoxy) is 2. The van der Waals surface area contributed by atoms with Crippen molar-refractivity contribution in [2.75, 3.05) is 12.1 Å². The van der Waals surface area contributed by atoms with Crippen molar-refractivity contribution in [2.24, 2.45) is 0 Å². The third-order valence-corrected chi connectivity index (χ3v) is 3.66. The van der Waals surface area contributed by atoms with Crippen LogP contribution in [0.25, 0.3) is 5.65 Å². The average Bonchev–Trinajstić information content (AvgIpc) is 3.11. The van der Waals surface area contributed by atoms with Crippen molar-refractivity contribution in [1.29, 1.82) is 0 Å². The first-order valence-corrected chi connectivity index (χ1v) is 7.31. The first-order valence-electron chi connectivity index (χ1n) is 7.31. The highest BCUT2D eigenvalue weighted by Crippen LogP contribution is 2.34. The molecule has 1 amide bonds. The number of nitrogens with one attached hydrogen (secondary N) is 1. The molecule has 0 spiro atoms. The van der Waals surface area contributed by atoms with Crippen LogP contribution in [0.5, 0.6) is 11.5 Å². The number of anilines is 1. The molecular weight excluding hydrogens is 294 g/mol. The first-order chi connectivity index (χ1) is 11.2. The van der Waals surface area contributed by atoms with E-state index in [2.05, 4.69) is 10.3 Å². The maximum Gasteiger partial charge on any atom is 0.231 e. The lowest BCUT2D eigenvalue weighted by atomic mass is 10.2. The fraction of sp³-hybridized carbons (Fsp3) is 0.176. The van der Waals surface area contributed by atoms with Crippen molar-refractivity contribution in [2.45, 2.75) is 13.3 Å². The molecule has 1 aliphatic heterocycles. The molecule has 2 aromatic heterocycles. The molecule has 6 nitrogen and oxygen atoms in total. The summed E-state index contributed by atoms with van der Waals surface area (Å²) >= 11 is 0. The number of benzene rings is 1. The fourth-order valence-corrected chi connectivity index (χ4v) is 2.57. The van der Waals surface area contributed by atoms with Crippen LogP contribution in [-0.2, 0) is 11.2 Å². The first kappa shape index (κ1) is 13.6. The van der Waals surface area contributed by atoms with E-state index in [0.717, 1.165) is 16.9 Å². The number of pyridine rings is 1. The minimum Gasteiger partial charge on any atom is -0.454 e. The quantitative estimate of drug-likeness (QED) is 0.807. The molecular formula is C17H15N3O3. The maximum absolute atomic E-state index is 12.2. The normalized spacial score (nSPS) is 12.6.